The van der Waals surface area contributed by atoms with E-state index in [1.54, 1.807) is 0 Å². The maximum absolute atomic E-state index is 6.20. The molecule has 2 nitrogen and oxygen atoms in total. The van der Waals surface area contributed by atoms with Crippen LogP contribution >= 0.6 is 0 Å². The van der Waals surface area contributed by atoms with E-state index in [1.807, 2.05) is 12.1 Å². The van der Waals surface area contributed by atoms with E-state index in [1.165, 1.54) is 43.4 Å². The third-order valence-electron chi connectivity index (χ3n) is 8.81. The zero-order valence-corrected chi connectivity index (χ0v) is 23.9. The standard InChI is InChI=1S/C42H27NO/c1-2-10-30-25-31(18-17-28(30)9-1)29-19-21-33(22-20-29)43(34-23-24-42-39(27-34)38-15-7-8-16-41(38)44-42)40-26-32-11-3-4-12-35(32)36-13-5-6-14-37(36)40/h1-27H. The molecule has 2 heteroatoms. The monoisotopic (exact) mass is 561 g/mol. The second-order valence-electron chi connectivity index (χ2n) is 11.4. The van der Waals surface area contributed by atoms with Gasteiger partial charge in [0.1, 0.15) is 11.2 Å². The van der Waals surface area contributed by atoms with E-state index < -0.39 is 0 Å². The molecule has 0 amide bonds. The molecular weight excluding hydrogens is 534 g/mol. The number of hydrogen-bond donors (Lipinski definition) is 0. The average Bonchev–Trinajstić information content (AvgIpc) is 3.47. The SMILES string of the molecule is c1ccc2cc(-c3ccc(N(c4ccc5oc6ccccc6c5c4)c4cc5ccccc5c5ccccc45)cc3)ccc2c1. The summed E-state index contributed by atoms with van der Waals surface area (Å²) in [6.07, 6.45) is 0. The summed E-state index contributed by atoms with van der Waals surface area (Å²) < 4.78 is 6.20. The summed E-state index contributed by atoms with van der Waals surface area (Å²) in [4.78, 5) is 2.39. The number of benzene rings is 8. The molecule has 1 aromatic heterocycles. The number of furan rings is 1. The van der Waals surface area contributed by atoms with Crippen LogP contribution < -0.4 is 4.90 Å². The van der Waals surface area contributed by atoms with Crippen molar-refractivity contribution >= 4 is 71.3 Å². The Morgan fingerprint density at radius 3 is 1.80 bits per heavy atom. The fourth-order valence-corrected chi connectivity index (χ4v) is 6.67. The molecular formula is C42H27NO. The maximum atomic E-state index is 6.20. The van der Waals surface area contributed by atoms with E-state index in [0.717, 1.165) is 39.0 Å². The summed E-state index contributed by atoms with van der Waals surface area (Å²) in [5.74, 6) is 0. The summed E-state index contributed by atoms with van der Waals surface area (Å²) in [6, 6.07) is 58.7. The van der Waals surface area contributed by atoms with Crippen molar-refractivity contribution in [3.05, 3.63) is 164 Å². The van der Waals surface area contributed by atoms with Crippen molar-refractivity contribution in [1.29, 1.82) is 0 Å². The van der Waals surface area contributed by atoms with Gasteiger partial charge < -0.3 is 9.32 Å². The van der Waals surface area contributed by atoms with Crippen LogP contribution in [0.1, 0.15) is 0 Å². The Morgan fingerprint density at radius 1 is 0.341 bits per heavy atom. The number of fused-ring (bicyclic) bond motifs is 7. The van der Waals surface area contributed by atoms with Gasteiger partial charge in [-0.2, -0.15) is 0 Å². The maximum Gasteiger partial charge on any atom is 0.135 e. The lowest BCUT2D eigenvalue weighted by atomic mass is 9.98. The summed E-state index contributed by atoms with van der Waals surface area (Å²) in [6.45, 7) is 0. The highest BCUT2D eigenvalue weighted by atomic mass is 16.3. The summed E-state index contributed by atoms with van der Waals surface area (Å²) in [5.41, 5.74) is 7.53. The van der Waals surface area contributed by atoms with Gasteiger partial charge in [-0.25, -0.2) is 0 Å². The van der Waals surface area contributed by atoms with Gasteiger partial charge in [-0.1, -0.05) is 115 Å². The molecule has 0 bridgehead atoms. The van der Waals surface area contributed by atoms with Gasteiger partial charge in [0, 0.05) is 27.5 Å². The van der Waals surface area contributed by atoms with Gasteiger partial charge >= 0.3 is 0 Å². The molecule has 0 saturated heterocycles. The smallest absolute Gasteiger partial charge is 0.135 e. The van der Waals surface area contributed by atoms with Crippen LogP contribution in [0.5, 0.6) is 0 Å². The molecule has 0 aliphatic rings. The Kier molecular flexibility index (Phi) is 5.54. The van der Waals surface area contributed by atoms with E-state index in [-0.39, 0.29) is 0 Å². The molecule has 0 spiro atoms. The minimum atomic E-state index is 0.893. The molecule has 1 heterocycles. The molecule has 206 valence electrons. The molecule has 0 aliphatic heterocycles. The first-order valence-corrected chi connectivity index (χ1v) is 15.0. The summed E-state index contributed by atoms with van der Waals surface area (Å²) in [7, 11) is 0. The van der Waals surface area contributed by atoms with Crippen molar-refractivity contribution in [2.45, 2.75) is 0 Å². The van der Waals surface area contributed by atoms with Crippen LogP contribution in [0.25, 0.3) is 65.4 Å². The summed E-state index contributed by atoms with van der Waals surface area (Å²) in [5, 5.41) is 9.67. The van der Waals surface area contributed by atoms with Crippen molar-refractivity contribution in [3.8, 4) is 11.1 Å². The Labute approximate surface area is 255 Å². The minimum absolute atomic E-state index is 0.893. The number of anilines is 3. The van der Waals surface area contributed by atoms with E-state index in [0.29, 0.717) is 0 Å². The van der Waals surface area contributed by atoms with Crippen molar-refractivity contribution in [2.75, 3.05) is 4.90 Å². The molecule has 0 atom stereocenters. The minimum Gasteiger partial charge on any atom is -0.456 e. The zero-order chi connectivity index (χ0) is 29.0. The molecule has 0 unspecified atom stereocenters. The Bertz CT molecular complexity index is 2500. The Hall–Kier alpha value is -5.86. The van der Waals surface area contributed by atoms with Crippen molar-refractivity contribution in [1.82, 2.24) is 0 Å². The lowest BCUT2D eigenvalue weighted by Crippen LogP contribution is -2.10. The highest BCUT2D eigenvalue weighted by molar-refractivity contribution is 6.15. The second kappa shape index (κ2) is 9.86. The third-order valence-corrected chi connectivity index (χ3v) is 8.81. The fourth-order valence-electron chi connectivity index (χ4n) is 6.67. The van der Waals surface area contributed by atoms with Crippen LogP contribution in [-0.2, 0) is 0 Å². The first-order chi connectivity index (χ1) is 21.8. The molecule has 0 radical (unpaired) electrons. The number of nitrogens with zero attached hydrogens (tertiary/aromatic N) is 1. The van der Waals surface area contributed by atoms with Crippen molar-refractivity contribution < 1.29 is 4.42 Å². The lowest BCUT2D eigenvalue weighted by molar-refractivity contribution is 0.669. The predicted octanol–water partition coefficient (Wildman–Crippen LogP) is 12.2. The van der Waals surface area contributed by atoms with Gasteiger partial charge in [0.05, 0.1) is 5.69 Å². The first-order valence-electron chi connectivity index (χ1n) is 15.0. The molecule has 44 heavy (non-hydrogen) atoms. The van der Waals surface area contributed by atoms with Crippen LogP contribution in [-0.4, -0.2) is 0 Å². The second-order valence-corrected chi connectivity index (χ2v) is 11.4. The Balaban J connectivity index is 1.27. The van der Waals surface area contributed by atoms with Crippen LogP contribution in [0.2, 0.25) is 0 Å². The summed E-state index contributed by atoms with van der Waals surface area (Å²) >= 11 is 0. The van der Waals surface area contributed by atoms with E-state index in [9.17, 15) is 0 Å². The van der Waals surface area contributed by atoms with Gasteiger partial charge in [-0.15, -0.1) is 0 Å². The van der Waals surface area contributed by atoms with Crippen LogP contribution in [0, 0.1) is 0 Å². The van der Waals surface area contributed by atoms with Gasteiger partial charge in [0.2, 0.25) is 0 Å². The molecule has 8 aromatic carbocycles. The fraction of sp³-hybridized carbons (Fsp3) is 0. The van der Waals surface area contributed by atoms with Crippen LogP contribution in [0.15, 0.2) is 168 Å². The molecule has 9 rings (SSSR count). The van der Waals surface area contributed by atoms with Gasteiger partial charge in [0.25, 0.3) is 0 Å². The number of para-hydroxylation sites is 1. The van der Waals surface area contributed by atoms with E-state index in [4.69, 9.17) is 4.42 Å². The highest BCUT2D eigenvalue weighted by Gasteiger charge is 2.19. The Morgan fingerprint density at radius 2 is 0.955 bits per heavy atom. The molecule has 9 aromatic rings. The van der Waals surface area contributed by atoms with E-state index >= 15 is 0 Å². The zero-order valence-electron chi connectivity index (χ0n) is 23.9. The molecule has 0 aliphatic carbocycles. The lowest BCUT2D eigenvalue weighted by Gasteiger charge is -2.28. The quantitative estimate of drug-likeness (QED) is 0.199. The van der Waals surface area contributed by atoms with Crippen LogP contribution in [0.4, 0.5) is 17.1 Å². The van der Waals surface area contributed by atoms with Gasteiger partial charge in [-0.05, 0) is 86.6 Å². The topological polar surface area (TPSA) is 16.4 Å². The van der Waals surface area contributed by atoms with E-state index in [2.05, 4.69) is 157 Å². The normalized spacial score (nSPS) is 11.6. The average molecular weight is 562 g/mol. The highest BCUT2D eigenvalue weighted by Crippen LogP contribution is 2.44. The third kappa shape index (κ3) is 3.96. The van der Waals surface area contributed by atoms with Crippen LogP contribution in [0.3, 0.4) is 0 Å². The predicted molar refractivity (Wildman–Crippen MR) is 186 cm³/mol. The number of rotatable bonds is 4. The number of hydrogen-bond acceptors (Lipinski definition) is 2. The van der Waals surface area contributed by atoms with Gasteiger partial charge in [-0.3, -0.25) is 0 Å². The van der Waals surface area contributed by atoms with Gasteiger partial charge in [0.15, 0.2) is 0 Å². The molecule has 0 fully saturated rings. The molecule has 0 saturated carbocycles. The van der Waals surface area contributed by atoms with Crippen molar-refractivity contribution in [2.24, 2.45) is 0 Å². The van der Waals surface area contributed by atoms with Crippen molar-refractivity contribution in [3.63, 3.8) is 0 Å². The largest absolute Gasteiger partial charge is 0.456 e. The first kappa shape index (κ1) is 24.7. The molecule has 0 N–H and O–H groups in total.